The normalized spacial score (nSPS) is 11.8. The van der Waals surface area contributed by atoms with E-state index in [2.05, 4.69) is 6.58 Å². The van der Waals surface area contributed by atoms with Gasteiger partial charge in [-0.25, -0.2) is 18.0 Å². The van der Waals surface area contributed by atoms with Crippen molar-refractivity contribution >= 4 is 5.97 Å². The van der Waals surface area contributed by atoms with Crippen molar-refractivity contribution in [1.82, 2.24) is 0 Å². The summed E-state index contributed by atoms with van der Waals surface area (Å²) < 4.78 is 55.6. The zero-order valence-corrected chi connectivity index (χ0v) is 22.2. The third-order valence-electron chi connectivity index (χ3n) is 5.92. The van der Waals surface area contributed by atoms with Crippen LogP contribution in [-0.2, 0) is 14.9 Å². The molecule has 0 heterocycles. The van der Waals surface area contributed by atoms with Crippen LogP contribution in [0.4, 0.5) is 13.2 Å². The average molecular weight is 511 g/mol. The highest BCUT2D eigenvalue weighted by Gasteiger charge is 2.25. The molecule has 0 aliphatic carbocycles. The van der Waals surface area contributed by atoms with Crippen LogP contribution in [0.15, 0.2) is 66.7 Å². The maximum Gasteiger partial charge on any atom is 0.333 e. The van der Waals surface area contributed by atoms with Gasteiger partial charge in [0.25, 0.3) is 0 Å². The molecule has 0 N–H and O–H groups in total. The molecule has 0 radical (unpaired) electrons. The molecular weight excluding hydrogens is 477 g/mol. The topological polar surface area (TPSA) is 35.5 Å². The standard InChI is InChI=1S/C31H33F3O3/c1-8-19(2)29(35)36-18-31(6,7)37-23-12-9-20(10-13-23)21-11-14-24(25(32)15-21)22-16-26(33)28(27(34)17-22)30(3,4)5/h9-17H,2,8,18H2,1,3-7H3. The Kier molecular flexibility index (Phi) is 8.21. The third kappa shape index (κ3) is 6.82. The van der Waals surface area contributed by atoms with Gasteiger partial charge >= 0.3 is 5.97 Å². The molecule has 0 spiro atoms. The SMILES string of the molecule is C=C(CC)C(=O)OCC(C)(C)Oc1ccc(-c2ccc(-c3cc(F)c(C(C)(C)C)c(F)c3)c(F)c2)cc1. The fraction of sp³-hybridized carbons (Fsp3) is 0.323. The number of carbonyl (C=O) groups excluding carboxylic acids is 1. The third-order valence-corrected chi connectivity index (χ3v) is 5.92. The van der Waals surface area contributed by atoms with Gasteiger partial charge in [0.15, 0.2) is 0 Å². The minimum absolute atomic E-state index is 0.0247. The lowest BCUT2D eigenvalue weighted by molar-refractivity contribution is -0.144. The van der Waals surface area contributed by atoms with Crippen molar-refractivity contribution in [2.75, 3.05) is 6.61 Å². The maximum atomic E-state index is 15.0. The zero-order valence-electron chi connectivity index (χ0n) is 22.2. The van der Waals surface area contributed by atoms with Gasteiger partial charge in [-0.2, -0.15) is 0 Å². The monoisotopic (exact) mass is 510 g/mol. The molecule has 0 saturated heterocycles. The molecule has 0 aromatic heterocycles. The molecule has 0 saturated carbocycles. The van der Waals surface area contributed by atoms with Crippen molar-refractivity contribution in [2.24, 2.45) is 0 Å². The first-order valence-electron chi connectivity index (χ1n) is 12.2. The van der Waals surface area contributed by atoms with Crippen LogP contribution in [0.5, 0.6) is 5.75 Å². The van der Waals surface area contributed by atoms with E-state index >= 15 is 4.39 Å². The Morgan fingerprint density at radius 2 is 1.35 bits per heavy atom. The van der Waals surface area contributed by atoms with Crippen molar-refractivity contribution in [2.45, 2.75) is 59.0 Å². The lowest BCUT2D eigenvalue weighted by atomic mass is 9.85. The molecule has 196 valence electrons. The highest BCUT2D eigenvalue weighted by Crippen LogP contribution is 2.34. The Balaban J connectivity index is 1.76. The summed E-state index contributed by atoms with van der Waals surface area (Å²) in [7, 11) is 0. The summed E-state index contributed by atoms with van der Waals surface area (Å²) in [5.74, 6) is -1.88. The van der Waals surface area contributed by atoms with Crippen molar-refractivity contribution in [3.8, 4) is 28.0 Å². The second-order valence-electron chi connectivity index (χ2n) is 10.7. The average Bonchev–Trinajstić information content (AvgIpc) is 2.80. The van der Waals surface area contributed by atoms with Gasteiger partial charge in [0.05, 0.1) is 0 Å². The van der Waals surface area contributed by atoms with Crippen molar-refractivity contribution in [3.05, 3.63) is 89.8 Å². The largest absolute Gasteiger partial charge is 0.484 e. The molecule has 3 aromatic rings. The molecule has 0 bridgehead atoms. The fourth-order valence-electron chi connectivity index (χ4n) is 3.92. The van der Waals surface area contributed by atoms with Crippen LogP contribution in [0.3, 0.4) is 0 Å². The van der Waals surface area contributed by atoms with Crippen LogP contribution < -0.4 is 4.74 Å². The number of halogens is 3. The smallest absolute Gasteiger partial charge is 0.333 e. The highest BCUT2D eigenvalue weighted by molar-refractivity contribution is 5.87. The maximum absolute atomic E-state index is 15.0. The Morgan fingerprint density at radius 1 is 0.811 bits per heavy atom. The number of benzene rings is 3. The van der Waals surface area contributed by atoms with Crippen LogP contribution in [0.25, 0.3) is 22.3 Å². The number of esters is 1. The van der Waals surface area contributed by atoms with Crippen LogP contribution in [0.1, 0.15) is 53.5 Å². The molecule has 37 heavy (non-hydrogen) atoms. The molecule has 3 aromatic carbocycles. The Bertz CT molecular complexity index is 1280. The van der Waals surface area contributed by atoms with Crippen LogP contribution in [-0.4, -0.2) is 18.2 Å². The molecule has 0 amide bonds. The summed E-state index contributed by atoms with van der Waals surface area (Å²) in [6.45, 7) is 14.3. The molecule has 0 unspecified atom stereocenters. The van der Waals surface area contributed by atoms with Crippen molar-refractivity contribution < 1.29 is 27.4 Å². The van der Waals surface area contributed by atoms with E-state index in [0.717, 1.165) is 5.56 Å². The molecule has 0 fully saturated rings. The molecule has 3 nitrogen and oxygen atoms in total. The van der Waals surface area contributed by atoms with E-state index in [1.165, 1.54) is 24.3 Å². The van der Waals surface area contributed by atoms with Gasteiger partial charge in [-0.05, 0) is 72.7 Å². The van der Waals surface area contributed by atoms with Crippen LogP contribution >= 0.6 is 0 Å². The van der Waals surface area contributed by atoms with Gasteiger partial charge in [-0.1, -0.05) is 58.5 Å². The van der Waals surface area contributed by atoms with Crippen LogP contribution in [0, 0.1) is 17.5 Å². The van der Waals surface area contributed by atoms with E-state index < -0.39 is 34.4 Å². The number of hydrogen-bond acceptors (Lipinski definition) is 3. The zero-order chi connectivity index (χ0) is 27.5. The predicted octanol–water partition coefficient (Wildman–Crippen LogP) is 8.40. The Hall–Kier alpha value is -3.54. The molecule has 3 rings (SSSR count). The Morgan fingerprint density at radius 3 is 1.86 bits per heavy atom. The number of ether oxygens (including phenoxy) is 2. The number of carbonyl (C=O) groups is 1. The lowest BCUT2D eigenvalue weighted by Crippen LogP contribution is -2.35. The predicted molar refractivity (Wildman–Crippen MR) is 141 cm³/mol. The quantitative estimate of drug-likeness (QED) is 0.225. The Labute approximate surface area is 216 Å². The summed E-state index contributed by atoms with van der Waals surface area (Å²) in [5, 5.41) is 0. The van der Waals surface area contributed by atoms with E-state index in [4.69, 9.17) is 9.47 Å². The van der Waals surface area contributed by atoms with E-state index in [9.17, 15) is 13.6 Å². The molecule has 0 aliphatic rings. The molecule has 0 atom stereocenters. The first kappa shape index (κ1) is 28.0. The van der Waals surface area contributed by atoms with E-state index in [1.807, 2.05) is 6.92 Å². The molecule has 6 heteroatoms. The van der Waals surface area contributed by atoms with Gasteiger partial charge in [0, 0.05) is 16.7 Å². The second kappa shape index (κ2) is 10.8. The summed E-state index contributed by atoms with van der Waals surface area (Å²) in [5.41, 5.74) is 0.484. The summed E-state index contributed by atoms with van der Waals surface area (Å²) >= 11 is 0. The number of rotatable bonds is 8. The van der Waals surface area contributed by atoms with E-state index in [-0.39, 0.29) is 23.3 Å². The van der Waals surface area contributed by atoms with Crippen LogP contribution in [0.2, 0.25) is 0 Å². The summed E-state index contributed by atoms with van der Waals surface area (Å²) in [4.78, 5) is 11.9. The fourth-order valence-corrected chi connectivity index (χ4v) is 3.92. The van der Waals surface area contributed by atoms with Gasteiger partial charge in [-0.15, -0.1) is 0 Å². The van der Waals surface area contributed by atoms with Gasteiger partial charge in [0.2, 0.25) is 0 Å². The van der Waals surface area contributed by atoms with Crippen molar-refractivity contribution in [3.63, 3.8) is 0 Å². The first-order chi connectivity index (χ1) is 17.2. The summed E-state index contributed by atoms with van der Waals surface area (Å²) in [6.07, 6.45) is 0.514. The lowest BCUT2D eigenvalue weighted by Gasteiger charge is -2.26. The summed E-state index contributed by atoms with van der Waals surface area (Å²) in [6, 6.07) is 13.9. The highest BCUT2D eigenvalue weighted by atomic mass is 19.1. The first-order valence-corrected chi connectivity index (χ1v) is 12.2. The minimum Gasteiger partial charge on any atom is -0.484 e. The van der Waals surface area contributed by atoms with Gasteiger partial charge < -0.3 is 9.47 Å². The second-order valence-corrected chi connectivity index (χ2v) is 10.7. The number of hydrogen-bond donors (Lipinski definition) is 0. The van der Waals surface area contributed by atoms with E-state index in [0.29, 0.717) is 23.3 Å². The van der Waals surface area contributed by atoms with Gasteiger partial charge in [-0.3, -0.25) is 0 Å². The molecule has 0 aliphatic heterocycles. The van der Waals surface area contributed by atoms with Gasteiger partial charge in [0.1, 0.15) is 35.4 Å². The minimum atomic E-state index is -0.772. The van der Waals surface area contributed by atoms with E-state index in [1.54, 1.807) is 65.0 Å². The molecular formula is C31H33F3O3. The van der Waals surface area contributed by atoms with Crippen molar-refractivity contribution in [1.29, 1.82) is 0 Å².